The van der Waals surface area contributed by atoms with Gasteiger partial charge >= 0.3 is 0 Å². The summed E-state index contributed by atoms with van der Waals surface area (Å²) in [5, 5.41) is -0.173. The molecule has 1 heterocycles. The second-order valence-corrected chi connectivity index (χ2v) is 7.56. The van der Waals surface area contributed by atoms with E-state index in [1.165, 1.54) is 18.2 Å². The van der Waals surface area contributed by atoms with Crippen LogP contribution in [0.5, 0.6) is 0 Å². The van der Waals surface area contributed by atoms with Crippen molar-refractivity contribution in [1.82, 2.24) is 4.90 Å². The van der Waals surface area contributed by atoms with Crippen LogP contribution in [0.25, 0.3) is 6.08 Å². The smallest absolute Gasteiger partial charge is 0.268 e. The van der Waals surface area contributed by atoms with Crippen LogP contribution < -0.4 is 0 Å². The van der Waals surface area contributed by atoms with Crippen LogP contribution in [0.4, 0.5) is 9.18 Å². The Labute approximate surface area is 158 Å². The van der Waals surface area contributed by atoms with Crippen molar-refractivity contribution in [2.45, 2.75) is 11.4 Å². The quantitative estimate of drug-likeness (QED) is 0.512. The summed E-state index contributed by atoms with van der Waals surface area (Å²) in [4.78, 5) is 27.3. The van der Waals surface area contributed by atoms with E-state index in [1.54, 1.807) is 17.8 Å². The summed E-state index contributed by atoms with van der Waals surface area (Å²) in [5.41, 5.74) is 1.37. The number of hydrogen-bond donors (Lipinski definition) is 0. The molecule has 25 heavy (non-hydrogen) atoms. The van der Waals surface area contributed by atoms with Gasteiger partial charge in [-0.05, 0) is 59.5 Å². The molecule has 0 aliphatic carbocycles. The normalized spacial score (nSPS) is 16.1. The molecule has 2 aromatic rings. The van der Waals surface area contributed by atoms with Crippen LogP contribution in [0, 0.1) is 5.82 Å². The molecule has 3 rings (SSSR count). The van der Waals surface area contributed by atoms with Crippen molar-refractivity contribution in [1.29, 1.82) is 0 Å². The summed E-state index contributed by atoms with van der Waals surface area (Å²) in [6, 6.07) is 11.6. The first-order chi connectivity index (χ1) is 12.0. The summed E-state index contributed by atoms with van der Waals surface area (Å²) < 4.78 is 13.1. The van der Waals surface area contributed by atoms with Gasteiger partial charge in [-0.25, -0.2) is 4.39 Å². The van der Waals surface area contributed by atoms with Crippen LogP contribution >= 0.6 is 35.1 Å². The molecule has 0 atom stereocenters. The molecule has 0 radical (unpaired) electrons. The van der Waals surface area contributed by atoms with Gasteiger partial charge in [-0.1, -0.05) is 29.8 Å². The Bertz CT molecular complexity index is 868. The molecule has 0 bridgehead atoms. The molecule has 1 aliphatic heterocycles. The largest absolute Gasteiger partial charge is 0.293 e. The molecule has 128 valence electrons. The molecule has 3 nitrogen and oxygen atoms in total. The SMILES string of the molecule is CSc1ccc(/C=C2\SC(=O)N(Cc3ccc(F)cc3Cl)C2=O)cc1. The second kappa shape index (κ2) is 7.64. The highest BCUT2D eigenvalue weighted by molar-refractivity contribution is 8.18. The van der Waals surface area contributed by atoms with E-state index < -0.39 is 5.82 Å². The minimum Gasteiger partial charge on any atom is -0.268 e. The average molecular weight is 394 g/mol. The molecule has 0 aromatic heterocycles. The van der Waals surface area contributed by atoms with Gasteiger partial charge in [0.05, 0.1) is 11.4 Å². The third-order valence-corrected chi connectivity index (χ3v) is 5.63. The van der Waals surface area contributed by atoms with Crippen LogP contribution in [0.15, 0.2) is 52.3 Å². The number of halogens is 2. The first-order valence-corrected chi connectivity index (χ1v) is 9.73. The predicted molar refractivity (Wildman–Crippen MR) is 101 cm³/mol. The van der Waals surface area contributed by atoms with Crippen molar-refractivity contribution in [3.63, 3.8) is 0 Å². The van der Waals surface area contributed by atoms with Crippen molar-refractivity contribution < 1.29 is 14.0 Å². The monoisotopic (exact) mass is 393 g/mol. The van der Waals surface area contributed by atoms with Crippen molar-refractivity contribution in [3.05, 3.63) is 69.3 Å². The van der Waals surface area contributed by atoms with Crippen molar-refractivity contribution in [2.24, 2.45) is 0 Å². The fraction of sp³-hybridized carbons (Fsp3) is 0.111. The maximum Gasteiger partial charge on any atom is 0.293 e. The van der Waals surface area contributed by atoms with Crippen LogP contribution in [0.1, 0.15) is 11.1 Å². The minimum atomic E-state index is -0.462. The standard InChI is InChI=1S/C18H13ClFNO2S2/c1-24-14-6-2-11(3-7-14)8-16-17(22)21(18(23)25-16)10-12-4-5-13(20)9-15(12)19/h2-9H,10H2,1H3/b16-8-. The average Bonchev–Trinajstić information content (AvgIpc) is 2.85. The van der Waals surface area contributed by atoms with Crippen LogP contribution in [-0.2, 0) is 11.3 Å². The van der Waals surface area contributed by atoms with E-state index in [-0.39, 0.29) is 22.7 Å². The summed E-state index contributed by atoms with van der Waals surface area (Å²) in [6.45, 7) is 0.0204. The molecule has 2 amide bonds. The fourth-order valence-electron chi connectivity index (χ4n) is 2.31. The zero-order valence-corrected chi connectivity index (χ0v) is 15.6. The Balaban J connectivity index is 1.80. The lowest BCUT2D eigenvalue weighted by Crippen LogP contribution is -2.27. The van der Waals surface area contributed by atoms with Crippen LogP contribution in [0.3, 0.4) is 0 Å². The van der Waals surface area contributed by atoms with Gasteiger partial charge in [-0.15, -0.1) is 11.8 Å². The molecule has 0 unspecified atom stereocenters. The number of thioether (sulfide) groups is 2. The zero-order chi connectivity index (χ0) is 18.0. The number of nitrogens with zero attached hydrogens (tertiary/aromatic N) is 1. The Hall–Kier alpha value is -1.76. The third kappa shape index (κ3) is 4.08. The van der Waals surface area contributed by atoms with E-state index in [0.717, 1.165) is 27.1 Å². The van der Waals surface area contributed by atoms with E-state index in [1.807, 2.05) is 30.5 Å². The molecule has 0 saturated carbocycles. The zero-order valence-electron chi connectivity index (χ0n) is 13.2. The highest BCUT2D eigenvalue weighted by Gasteiger charge is 2.35. The Morgan fingerprint density at radius 3 is 2.56 bits per heavy atom. The van der Waals surface area contributed by atoms with E-state index in [2.05, 4.69) is 0 Å². The lowest BCUT2D eigenvalue weighted by atomic mass is 10.2. The van der Waals surface area contributed by atoms with E-state index in [4.69, 9.17) is 11.6 Å². The van der Waals surface area contributed by atoms with Gasteiger partial charge in [-0.3, -0.25) is 14.5 Å². The first kappa shape index (κ1) is 18.0. The molecular weight excluding hydrogens is 381 g/mol. The maximum atomic E-state index is 13.1. The number of rotatable bonds is 4. The highest BCUT2D eigenvalue weighted by Crippen LogP contribution is 2.34. The van der Waals surface area contributed by atoms with E-state index >= 15 is 0 Å². The Morgan fingerprint density at radius 1 is 1.20 bits per heavy atom. The summed E-state index contributed by atoms with van der Waals surface area (Å²) in [6.07, 6.45) is 3.68. The second-order valence-electron chi connectivity index (χ2n) is 5.28. The topological polar surface area (TPSA) is 37.4 Å². The molecule has 7 heteroatoms. The molecule has 1 aliphatic rings. The molecule has 0 spiro atoms. The predicted octanol–water partition coefficient (Wildman–Crippen LogP) is 5.44. The van der Waals surface area contributed by atoms with Gasteiger partial charge in [0.25, 0.3) is 11.1 Å². The lowest BCUT2D eigenvalue weighted by Gasteiger charge is -2.13. The number of carbonyl (C=O) groups is 2. The van der Waals surface area contributed by atoms with E-state index in [9.17, 15) is 14.0 Å². The number of amides is 2. The van der Waals surface area contributed by atoms with Crippen molar-refractivity contribution in [3.8, 4) is 0 Å². The minimum absolute atomic E-state index is 0.0204. The molecule has 2 aromatic carbocycles. The lowest BCUT2D eigenvalue weighted by molar-refractivity contribution is -0.123. The van der Waals surface area contributed by atoms with Gasteiger partial charge < -0.3 is 0 Å². The first-order valence-electron chi connectivity index (χ1n) is 7.31. The van der Waals surface area contributed by atoms with Crippen LogP contribution in [0.2, 0.25) is 5.02 Å². The number of imide groups is 1. The van der Waals surface area contributed by atoms with Gasteiger partial charge in [0.15, 0.2) is 0 Å². The van der Waals surface area contributed by atoms with Crippen molar-refractivity contribution >= 4 is 52.3 Å². The van der Waals surface area contributed by atoms with Gasteiger partial charge in [0.1, 0.15) is 5.82 Å². The number of carbonyl (C=O) groups excluding carboxylic acids is 2. The summed E-state index contributed by atoms with van der Waals surface area (Å²) >= 11 is 8.51. The van der Waals surface area contributed by atoms with Gasteiger partial charge in [0, 0.05) is 9.92 Å². The fourth-order valence-corrected chi connectivity index (χ4v) is 3.78. The molecule has 1 saturated heterocycles. The number of benzene rings is 2. The van der Waals surface area contributed by atoms with E-state index in [0.29, 0.717) is 10.5 Å². The highest BCUT2D eigenvalue weighted by atomic mass is 35.5. The molecule has 0 N–H and O–H groups in total. The van der Waals surface area contributed by atoms with Gasteiger partial charge in [-0.2, -0.15) is 0 Å². The Kier molecular flexibility index (Phi) is 5.51. The summed E-state index contributed by atoms with van der Waals surface area (Å²) in [5.74, 6) is -0.833. The van der Waals surface area contributed by atoms with Crippen LogP contribution in [-0.4, -0.2) is 22.3 Å². The maximum absolute atomic E-state index is 13.1. The summed E-state index contributed by atoms with van der Waals surface area (Å²) in [7, 11) is 0. The molecule has 1 fully saturated rings. The van der Waals surface area contributed by atoms with Crippen molar-refractivity contribution in [2.75, 3.05) is 6.26 Å². The molecular formula is C18H13ClFNO2S2. The third-order valence-electron chi connectivity index (χ3n) is 3.63. The van der Waals surface area contributed by atoms with Gasteiger partial charge in [0.2, 0.25) is 0 Å². The Morgan fingerprint density at radius 2 is 1.92 bits per heavy atom. The number of hydrogen-bond acceptors (Lipinski definition) is 4.